The summed E-state index contributed by atoms with van der Waals surface area (Å²) >= 11 is 0. The zero-order valence-corrected chi connectivity index (χ0v) is 14.1. The first-order valence-corrected chi connectivity index (χ1v) is 7.72. The molecule has 6 nitrogen and oxygen atoms in total. The number of halogens is 6. The Labute approximate surface area is 145 Å². The number of unbranched alkanes of at least 4 members (excludes halogenated alkanes) is 1. The standard InChI is InChI=1S/C14H20F6N2O4/c1-3-8(2)26-10(23)9(22-12(25)14(18,19)20)6-4-5-7-21-11(24)13(15,16)17/h8-9H,3-7H2,1-2H3,(H,21,24)(H,22,25). The first kappa shape index (κ1) is 24.0. The molecular formula is C14H20F6N2O4. The molecule has 0 heterocycles. The average Bonchev–Trinajstić information content (AvgIpc) is 2.50. The predicted octanol–water partition coefficient (Wildman–Crippen LogP) is 2.22. The van der Waals surface area contributed by atoms with Gasteiger partial charge in [-0.05, 0) is 32.6 Å². The second kappa shape index (κ2) is 10.2. The zero-order valence-electron chi connectivity index (χ0n) is 14.1. The fourth-order valence-electron chi connectivity index (χ4n) is 1.63. The van der Waals surface area contributed by atoms with Crippen LogP contribution in [0.15, 0.2) is 0 Å². The lowest BCUT2D eigenvalue weighted by molar-refractivity contribution is -0.176. The van der Waals surface area contributed by atoms with Crippen molar-refractivity contribution in [2.24, 2.45) is 0 Å². The number of hydrogen-bond donors (Lipinski definition) is 2. The molecule has 0 rings (SSSR count). The normalized spacial score (nSPS) is 14.3. The predicted molar refractivity (Wildman–Crippen MR) is 76.7 cm³/mol. The molecule has 2 atom stereocenters. The van der Waals surface area contributed by atoms with Gasteiger partial charge in [0, 0.05) is 6.54 Å². The molecule has 0 fully saturated rings. The third kappa shape index (κ3) is 9.47. The smallest absolute Gasteiger partial charge is 0.461 e. The molecule has 26 heavy (non-hydrogen) atoms. The molecule has 0 saturated carbocycles. The van der Waals surface area contributed by atoms with E-state index >= 15 is 0 Å². The van der Waals surface area contributed by atoms with Gasteiger partial charge in [-0.3, -0.25) is 9.59 Å². The maximum Gasteiger partial charge on any atom is 0.471 e. The summed E-state index contributed by atoms with van der Waals surface area (Å²) in [5.74, 6) is -5.54. The summed E-state index contributed by atoms with van der Waals surface area (Å²) in [5, 5.41) is 3.09. The van der Waals surface area contributed by atoms with Crippen LogP contribution in [-0.2, 0) is 19.1 Å². The quantitative estimate of drug-likeness (QED) is 0.357. The summed E-state index contributed by atoms with van der Waals surface area (Å²) in [4.78, 5) is 33.4. The van der Waals surface area contributed by atoms with Gasteiger partial charge in [-0.2, -0.15) is 26.3 Å². The van der Waals surface area contributed by atoms with Gasteiger partial charge in [0.05, 0.1) is 6.10 Å². The van der Waals surface area contributed by atoms with E-state index in [2.05, 4.69) is 0 Å². The lowest BCUT2D eigenvalue weighted by atomic mass is 10.1. The molecule has 0 radical (unpaired) electrons. The topological polar surface area (TPSA) is 84.5 Å². The van der Waals surface area contributed by atoms with E-state index in [1.165, 1.54) is 12.2 Å². The highest BCUT2D eigenvalue weighted by atomic mass is 19.4. The van der Waals surface area contributed by atoms with Gasteiger partial charge in [0.1, 0.15) is 6.04 Å². The van der Waals surface area contributed by atoms with Crippen molar-refractivity contribution in [3.8, 4) is 0 Å². The summed E-state index contributed by atoms with van der Waals surface area (Å²) in [6, 6.07) is -1.60. The van der Waals surface area contributed by atoms with Crippen LogP contribution in [0.25, 0.3) is 0 Å². The van der Waals surface area contributed by atoms with Crippen molar-refractivity contribution in [3.05, 3.63) is 0 Å². The largest absolute Gasteiger partial charge is 0.471 e. The van der Waals surface area contributed by atoms with E-state index in [0.717, 1.165) is 0 Å². The van der Waals surface area contributed by atoms with Crippen molar-refractivity contribution in [2.75, 3.05) is 6.54 Å². The van der Waals surface area contributed by atoms with E-state index in [9.17, 15) is 40.7 Å². The molecule has 0 aromatic heterocycles. The maximum atomic E-state index is 12.3. The summed E-state index contributed by atoms with van der Waals surface area (Å²) in [7, 11) is 0. The van der Waals surface area contributed by atoms with Crippen LogP contribution < -0.4 is 10.6 Å². The van der Waals surface area contributed by atoms with Gasteiger partial charge in [-0.15, -0.1) is 0 Å². The molecule has 0 aliphatic rings. The van der Waals surface area contributed by atoms with Crippen molar-refractivity contribution < 1.29 is 45.5 Å². The molecule has 2 amide bonds. The third-order valence-electron chi connectivity index (χ3n) is 3.20. The van der Waals surface area contributed by atoms with Gasteiger partial charge >= 0.3 is 30.1 Å². The van der Waals surface area contributed by atoms with Crippen LogP contribution in [0, 0.1) is 0 Å². The molecule has 152 valence electrons. The molecule has 0 aromatic carbocycles. The second-order valence-corrected chi connectivity index (χ2v) is 5.43. The number of nitrogens with one attached hydrogen (secondary N) is 2. The lowest BCUT2D eigenvalue weighted by Gasteiger charge is -2.20. The van der Waals surface area contributed by atoms with Crippen LogP contribution in [0.5, 0.6) is 0 Å². The Balaban J connectivity index is 4.60. The number of hydrogen-bond acceptors (Lipinski definition) is 4. The molecule has 0 aliphatic carbocycles. The van der Waals surface area contributed by atoms with Crippen LogP contribution in [-0.4, -0.2) is 48.8 Å². The third-order valence-corrected chi connectivity index (χ3v) is 3.20. The Morgan fingerprint density at radius 3 is 1.96 bits per heavy atom. The van der Waals surface area contributed by atoms with Crippen molar-refractivity contribution in [3.63, 3.8) is 0 Å². The molecule has 12 heteroatoms. The van der Waals surface area contributed by atoms with E-state index in [1.54, 1.807) is 12.2 Å². The average molecular weight is 394 g/mol. The minimum atomic E-state index is -5.20. The van der Waals surface area contributed by atoms with Crippen molar-refractivity contribution in [1.29, 1.82) is 0 Å². The van der Waals surface area contributed by atoms with Crippen molar-refractivity contribution >= 4 is 17.8 Å². The van der Waals surface area contributed by atoms with Crippen molar-refractivity contribution in [1.82, 2.24) is 10.6 Å². The molecule has 2 unspecified atom stereocenters. The Hall–Kier alpha value is -2.01. The molecule has 0 aromatic rings. The SMILES string of the molecule is CCC(C)OC(=O)C(CCCCNC(=O)C(F)(F)F)NC(=O)C(F)(F)F. The minimum Gasteiger partial charge on any atom is -0.461 e. The first-order chi connectivity index (χ1) is 11.8. The van der Waals surface area contributed by atoms with E-state index in [1.807, 2.05) is 0 Å². The second-order valence-electron chi connectivity index (χ2n) is 5.43. The number of ether oxygens (including phenoxy) is 1. The summed E-state index contributed by atoms with van der Waals surface area (Å²) in [5.41, 5.74) is 0. The van der Waals surface area contributed by atoms with E-state index in [-0.39, 0.29) is 19.3 Å². The van der Waals surface area contributed by atoms with Gasteiger partial charge < -0.3 is 15.4 Å². The fourth-order valence-corrected chi connectivity index (χ4v) is 1.63. The van der Waals surface area contributed by atoms with E-state index in [4.69, 9.17) is 4.74 Å². The summed E-state index contributed by atoms with van der Waals surface area (Å²) < 4.78 is 77.8. The van der Waals surface area contributed by atoms with Crippen LogP contribution in [0.2, 0.25) is 0 Å². The number of amides is 2. The summed E-state index contributed by atoms with van der Waals surface area (Å²) in [6.07, 6.45) is -10.8. The molecule has 0 aliphatic heterocycles. The summed E-state index contributed by atoms with van der Waals surface area (Å²) in [6.45, 7) is 2.79. The van der Waals surface area contributed by atoms with Gasteiger partial charge in [-0.25, -0.2) is 4.79 Å². The lowest BCUT2D eigenvalue weighted by Crippen LogP contribution is -2.48. The van der Waals surface area contributed by atoms with Gasteiger partial charge in [0.25, 0.3) is 0 Å². The van der Waals surface area contributed by atoms with Gasteiger partial charge in [0.2, 0.25) is 0 Å². The minimum absolute atomic E-state index is 0.0312. The highest BCUT2D eigenvalue weighted by molar-refractivity contribution is 5.87. The van der Waals surface area contributed by atoms with E-state index < -0.39 is 48.8 Å². The monoisotopic (exact) mass is 394 g/mol. The van der Waals surface area contributed by atoms with Crippen LogP contribution in [0.3, 0.4) is 0 Å². The maximum absolute atomic E-state index is 12.3. The number of carbonyl (C=O) groups excluding carboxylic acids is 3. The molecule has 0 saturated heterocycles. The van der Waals surface area contributed by atoms with Crippen LogP contribution in [0.1, 0.15) is 39.5 Å². The fraction of sp³-hybridized carbons (Fsp3) is 0.786. The van der Waals surface area contributed by atoms with Crippen molar-refractivity contribution in [2.45, 2.75) is 64.0 Å². The van der Waals surface area contributed by atoms with Gasteiger partial charge in [-0.1, -0.05) is 6.92 Å². The Morgan fingerprint density at radius 2 is 1.50 bits per heavy atom. The molecule has 0 bridgehead atoms. The Kier molecular flexibility index (Phi) is 9.43. The first-order valence-electron chi connectivity index (χ1n) is 7.72. The highest BCUT2D eigenvalue weighted by Gasteiger charge is 2.41. The zero-order chi connectivity index (χ0) is 20.5. The molecular weight excluding hydrogens is 374 g/mol. The van der Waals surface area contributed by atoms with E-state index in [0.29, 0.717) is 6.42 Å². The molecule has 2 N–H and O–H groups in total. The molecule has 0 spiro atoms. The number of carbonyl (C=O) groups is 3. The van der Waals surface area contributed by atoms with Gasteiger partial charge in [0.15, 0.2) is 0 Å². The Bertz CT molecular complexity index is 493. The Morgan fingerprint density at radius 1 is 0.962 bits per heavy atom. The number of rotatable bonds is 9. The number of alkyl halides is 6. The van der Waals surface area contributed by atoms with Crippen LogP contribution >= 0.6 is 0 Å². The van der Waals surface area contributed by atoms with Crippen LogP contribution in [0.4, 0.5) is 26.3 Å². The number of esters is 1. The highest BCUT2D eigenvalue weighted by Crippen LogP contribution is 2.16.